The van der Waals surface area contributed by atoms with E-state index in [2.05, 4.69) is 12.2 Å². The maximum Gasteiger partial charge on any atom is 0.407 e. The molecule has 6 heteroatoms. The Balaban J connectivity index is 3.73. The zero-order chi connectivity index (χ0) is 13.1. The van der Waals surface area contributed by atoms with Crippen molar-refractivity contribution in [1.82, 2.24) is 5.32 Å². The van der Waals surface area contributed by atoms with E-state index in [1.807, 2.05) is 0 Å². The number of alkyl carbamates (subject to hydrolysis) is 1. The van der Waals surface area contributed by atoms with Gasteiger partial charge in [0.15, 0.2) is 0 Å². The summed E-state index contributed by atoms with van der Waals surface area (Å²) in [7, 11) is 2.22. The SMILES string of the molecule is CCOC(=O)NCCCC(CC)[Si](OC)OC. The second kappa shape index (κ2) is 10.6. The second-order valence-electron chi connectivity index (χ2n) is 3.62. The lowest BCUT2D eigenvalue weighted by Crippen LogP contribution is -2.28. The van der Waals surface area contributed by atoms with E-state index in [-0.39, 0.29) is 6.09 Å². The predicted octanol–water partition coefficient (Wildman–Crippen LogP) is 2.07. The normalized spacial score (nSPS) is 12.5. The summed E-state index contributed by atoms with van der Waals surface area (Å²) >= 11 is 0. The molecule has 5 nitrogen and oxygen atoms in total. The molecule has 0 aromatic carbocycles. The highest BCUT2D eigenvalue weighted by Crippen LogP contribution is 2.22. The summed E-state index contributed by atoms with van der Waals surface area (Å²) in [5.41, 5.74) is 0.457. The van der Waals surface area contributed by atoms with Crippen LogP contribution >= 0.6 is 0 Å². The molecule has 0 spiro atoms. The van der Waals surface area contributed by atoms with Gasteiger partial charge in [-0.1, -0.05) is 13.3 Å². The van der Waals surface area contributed by atoms with Gasteiger partial charge in [0.2, 0.25) is 0 Å². The summed E-state index contributed by atoms with van der Waals surface area (Å²) in [5.74, 6) is 0. The van der Waals surface area contributed by atoms with E-state index in [1.54, 1.807) is 21.1 Å². The third-order valence-corrected chi connectivity index (χ3v) is 4.67. The molecule has 1 N–H and O–H groups in total. The number of nitrogens with one attached hydrogen (secondary N) is 1. The molecule has 101 valence electrons. The van der Waals surface area contributed by atoms with Crippen LogP contribution in [0.1, 0.15) is 33.1 Å². The number of hydrogen-bond acceptors (Lipinski definition) is 4. The molecule has 0 aromatic rings. The lowest BCUT2D eigenvalue weighted by atomic mass is 10.2. The molecule has 1 radical (unpaired) electrons. The molecule has 0 heterocycles. The first kappa shape index (κ1) is 16.4. The zero-order valence-corrected chi connectivity index (χ0v) is 12.2. The van der Waals surface area contributed by atoms with Crippen LogP contribution in [-0.2, 0) is 13.6 Å². The third kappa shape index (κ3) is 7.35. The lowest BCUT2D eigenvalue weighted by Gasteiger charge is -2.19. The minimum Gasteiger partial charge on any atom is -0.450 e. The Morgan fingerprint density at radius 3 is 2.41 bits per heavy atom. The van der Waals surface area contributed by atoms with Crippen molar-refractivity contribution < 1.29 is 18.4 Å². The Kier molecular flexibility index (Phi) is 10.2. The maximum atomic E-state index is 11.0. The largest absolute Gasteiger partial charge is 0.450 e. The van der Waals surface area contributed by atoms with E-state index in [1.165, 1.54) is 0 Å². The Hall–Kier alpha value is -0.593. The monoisotopic (exact) mass is 262 g/mol. The van der Waals surface area contributed by atoms with Crippen LogP contribution in [0, 0.1) is 0 Å². The van der Waals surface area contributed by atoms with E-state index < -0.39 is 9.28 Å². The van der Waals surface area contributed by atoms with Crippen molar-refractivity contribution in [3.8, 4) is 0 Å². The molecular weight excluding hydrogens is 238 g/mol. The molecule has 0 bridgehead atoms. The van der Waals surface area contributed by atoms with Gasteiger partial charge in [-0.3, -0.25) is 0 Å². The van der Waals surface area contributed by atoms with Crippen molar-refractivity contribution in [3.05, 3.63) is 0 Å². The van der Waals surface area contributed by atoms with E-state index in [0.29, 0.717) is 18.7 Å². The quantitative estimate of drug-likeness (QED) is 0.510. The third-order valence-electron chi connectivity index (χ3n) is 2.50. The summed E-state index contributed by atoms with van der Waals surface area (Å²) in [6, 6.07) is 0. The topological polar surface area (TPSA) is 56.8 Å². The van der Waals surface area contributed by atoms with Gasteiger partial charge in [-0.15, -0.1) is 0 Å². The van der Waals surface area contributed by atoms with Gasteiger partial charge in [0.1, 0.15) is 0 Å². The standard InChI is InChI=1S/C11H24NO4Si/c1-5-10(17(14-3)15-4)8-7-9-12-11(13)16-6-2/h10H,5-9H2,1-4H3,(H,12,13). The fourth-order valence-electron chi connectivity index (χ4n) is 1.63. The molecule has 0 aliphatic heterocycles. The number of carbonyl (C=O) groups excluding carboxylic acids is 1. The van der Waals surface area contributed by atoms with Crippen LogP contribution in [-0.4, -0.2) is 42.7 Å². The highest BCUT2D eigenvalue weighted by molar-refractivity contribution is 6.46. The number of ether oxygens (including phenoxy) is 1. The fraction of sp³-hybridized carbons (Fsp3) is 0.909. The van der Waals surface area contributed by atoms with E-state index in [4.69, 9.17) is 13.6 Å². The predicted molar refractivity (Wildman–Crippen MR) is 68.1 cm³/mol. The lowest BCUT2D eigenvalue weighted by molar-refractivity contribution is 0.152. The Morgan fingerprint density at radius 2 is 1.94 bits per heavy atom. The Bertz CT molecular complexity index is 200. The minimum absolute atomic E-state index is 0.343. The molecule has 17 heavy (non-hydrogen) atoms. The molecule has 0 aliphatic carbocycles. The van der Waals surface area contributed by atoms with Gasteiger partial charge in [-0.2, -0.15) is 0 Å². The maximum absolute atomic E-state index is 11.0. The summed E-state index contributed by atoms with van der Waals surface area (Å²) in [4.78, 5) is 11.0. The number of rotatable bonds is 9. The zero-order valence-electron chi connectivity index (χ0n) is 11.2. The minimum atomic E-state index is -1.17. The van der Waals surface area contributed by atoms with Gasteiger partial charge < -0.3 is 18.9 Å². The van der Waals surface area contributed by atoms with Crippen molar-refractivity contribution in [1.29, 1.82) is 0 Å². The van der Waals surface area contributed by atoms with Gasteiger partial charge >= 0.3 is 15.4 Å². The van der Waals surface area contributed by atoms with Crippen LogP contribution in [0.5, 0.6) is 0 Å². The van der Waals surface area contributed by atoms with Crippen LogP contribution in [0.4, 0.5) is 4.79 Å². The van der Waals surface area contributed by atoms with E-state index >= 15 is 0 Å². The van der Waals surface area contributed by atoms with Crippen LogP contribution in [0.15, 0.2) is 0 Å². The summed E-state index contributed by atoms with van der Waals surface area (Å²) in [6.45, 7) is 4.96. The molecule has 1 unspecified atom stereocenters. The number of amides is 1. The summed E-state index contributed by atoms with van der Waals surface area (Å²) < 4.78 is 15.4. The number of hydrogen-bond donors (Lipinski definition) is 1. The molecule has 0 aromatic heterocycles. The average Bonchev–Trinajstić information content (AvgIpc) is 2.33. The Labute approximate surface area is 106 Å². The van der Waals surface area contributed by atoms with Crippen LogP contribution in [0.3, 0.4) is 0 Å². The first-order chi connectivity index (χ1) is 8.19. The van der Waals surface area contributed by atoms with E-state index in [0.717, 1.165) is 19.3 Å². The van der Waals surface area contributed by atoms with E-state index in [9.17, 15) is 4.79 Å². The molecule has 1 amide bonds. The molecular formula is C11H24NO4Si. The molecule has 0 rings (SSSR count). The van der Waals surface area contributed by atoms with Crippen molar-refractivity contribution >= 4 is 15.4 Å². The summed E-state index contributed by atoms with van der Waals surface area (Å²) in [5, 5.41) is 2.71. The first-order valence-electron chi connectivity index (χ1n) is 6.04. The van der Waals surface area contributed by atoms with Gasteiger partial charge in [0, 0.05) is 26.3 Å². The van der Waals surface area contributed by atoms with Crippen molar-refractivity contribution in [2.75, 3.05) is 27.4 Å². The molecule has 1 atom stereocenters. The van der Waals surface area contributed by atoms with Crippen LogP contribution in [0.2, 0.25) is 5.54 Å². The molecule has 0 saturated carbocycles. The van der Waals surface area contributed by atoms with Gasteiger partial charge in [-0.05, 0) is 19.8 Å². The molecule has 0 saturated heterocycles. The summed E-state index contributed by atoms with van der Waals surface area (Å²) in [6.07, 6.45) is 2.61. The second-order valence-corrected chi connectivity index (χ2v) is 5.89. The Morgan fingerprint density at radius 1 is 1.29 bits per heavy atom. The first-order valence-corrected chi connectivity index (χ1v) is 7.44. The van der Waals surface area contributed by atoms with Crippen LogP contribution in [0.25, 0.3) is 0 Å². The van der Waals surface area contributed by atoms with Crippen molar-refractivity contribution in [2.24, 2.45) is 0 Å². The van der Waals surface area contributed by atoms with Gasteiger partial charge in [0.25, 0.3) is 0 Å². The van der Waals surface area contributed by atoms with Crippen LogP contribution < -0.4 is 5.32 Å². The smallest absolute Gasteiger partial charge is 0.407 e. The number of carbonyl (C=O) groups is 1. The molecule has 0 fully saturated rings. The van der Waals surface area contributed by atoms with Crippen molar-refractivity contribution in [3.63, 3.8) is 0 Å². The van der Waals surface area contributed by atoms with Crippen molar-refractivity contribution in [2.45, 2.75) is 38.7 Å². The highest BCUT2D eigenvalue weighted by atomic mass is 28.3. The van der Waals surface area contributed by atoms with Gasteiger partial charge in [0.05, 0.1) is 6.61 Å². The highest BCUT2D eigenvalue weighted by Gasteiger charge is 2.24. The fourth-order valence-corrected chi connectivity index (χ4v) is 3.23. The molecule has 0 aliphatic rings. The van der Waals surface area contributed by atoms with Gasteiger partial charge in [-0.25, -0.2) is 4.79 Å². The average molecular weight is 262 g/mol.